The van der Waals surface area contributed by atoms with E-state index in [2.05, 4.69) is 15.3 Å². The average Bonchev–Trinajstić information content (AvgIpc) is 2.48. The van der Waals surface area contributed by atoms with Crippen LogP contribution in [0.15, 0.2) is 30.6 Å². The van der Waals surface area contributed by atoms with E-state index in [1.165, 1.54) is 13.4 Å². The van der Waals surface area contributed by atoms with E-state index in [0.717, 1.165) is 0 Å². The highest BCUT2D eigenvalue weighted by Gasteiger charge is 2.14. The van der Waals surface area contributed by atoms with Crippen LogP contribution in [0, 0.1) is 0 Å². The predicted molar refractivity (Wildman–Crippen MR) is 77.8 cm³/mol. The van der Waals surface area contributed by atoms with Crippen LogP contribution in [0.1, 0.15) is 17.3 Å². The second-order valence-electron chi connectivity index (χ2n) is 4.08. The molecule has 1 aromatic heterocycles. The van der Waals surface area contributed by atoms with Crippen molar-refractivity contribution >= 4 is 11.7 Å². The molecule has 0 fully saturated rings. The molecule has 0 radical (unpaired) electrons. The number of aromatic nitrogens is 2. The molecular formula is C14H16N4O3. The summed E-state index contributed by atoms with van der Waals surface area (Å²) in [6, 6.07) is 6.43. The van der Waals surface area contributed by atoms with E-state index in [1.54, 1.807) is 24.3 Å². The summed E-state index contributed by atoms with van der Waals surface area (Å²) in [7, 11) is 1.52. The van der Waals surface area contributed by atoms with E-state index < -0.39 is 5.91 Å². The van der Waals surface area contributed by atoms with Crippen LogP contribution < -0.4 is 20.5 Å². The Hall–Kier alpha value is -2.83. The summed E-state index contributed by atoms with van der Waals surface area (Å²) in [5.41, 5.74) is 5.59. The largest absolute Gasteiger partial charge is 0.489 e. The van der Waals surface area contributed by atoms with Crippen LogP contribution >= 0.6 is 0 Å². The van der Waals surface area contributed by atoms with Crippen molar-refractivity contribution in [1.82, 2.24) is 9.97 Å². The minimum Gasteiger partial charge on any atom is -0.489 e. The van der Waals surface area contributed by atoms with Gasteiger partial charge in [-0.25, -0.2) is 4.98 Å². The first-order valence-corrected chi connectivity index (χ1v) is 6.36. The molecule has 0 aliphatic rings. The number of hydrogen-bond donors (Lipinski definition) is 2. The molecule has 0 atom stereocenters. The van der Waals surface area contributed by atoms with E-state index in [4.69, 9.17) is 15.2 Å². The van der Waals surface area contributed by atoms with Gasteiger partial charge in [0.1, 0.15) is 12.1 Å². The number of ether oxygens (including phenoxy) is 2. The van der Waals surface area contributed by atoms with Crippen molar-refractivity contribution in [3.8, 4) is 17.4 Å². The van der Waals surface area contributed by atoms with Gasteiger partial charge >= 0.3 is 0 Å². The molecule has 21 heavy (non-hydrogen) atoms. The number of anilines is 1. The van der Waals surface area contributed by atoms with Crippen LogP contribution in [-0.4, -0.2) is 29.5 Å². The molecule has 0 spiro atoms. The number of carbonyl (C=O) groups is 1. The van der Waals surface area contributed by atoms with Crippen molar-refractivity contribution < 1.29 is 14.3 Å². The molecule has 0 bridgehead atoms. The number of methoxy groups -OCH3 is 1. The Balaban J connectivity index is 2.26. The number of nitrogens with zero attached hydrogens (tertiary/aromatic N) is 2. The highest BCUT2D eigenvalue weighted by molar-refractivity contribution is 5.92. The Kier molecular flexibility index (Phi) is 4.55. The Morgan fingerprint density at radius 1 is 1.29 bits per heavy atom. The van der Waals surface area contributed by atoms with Gasteiger partial charge < -0.3 is 20.5 Å². The minimum absolute atomic E-state index is 0.287. The quantitative estimate of drug-likeness (QED) is 0.841. The molecule has 1 aromatic carbocycles. The number of hydrogen-bond acceptors (Lipinski definition) is 6. The maximum atomic E-state index is 11.0. The van der Waals surface area contributed by atoms with Gasteiger partial charge in [0.25, 0.3) is 5.88 Å². The molecule has 1 heterocycles. The molecular weight excluding hydrogens is 272 g/mol. The third kappa shape index (κ3) is 3.38. The molecule has 0 aliphatic carbocycles. The van der Waals surface area contributed by atoms with Gasteiger partial charge in [0.2, 0.25) is 11.7 Å². The van der Waals surface area contributed by atoms with E-state index in [9.17, 15) is 4.79 Å². The van der Waals surface area contributed by atoms with Crippen LogP contribution in [0.4, 0.5) is 5.82 Å². The average molecular weight is 288 g/mol. The van der Waals surface area contributed by atoms with Crippen LogP contribution in [0.25, 0.3) is 0 Å². The molecule has 3 N–H and O–H groups in total. The molecule has 0 unspecified atom stereocenters. The van der Waals surface area contributed by atoms with Crippen LogP contribution in [0.5, 0.6) is 17.4 Å². The van der Waals surface area contributed by atoms with E-state index in [1.807, 2.05) is 6.92 Å². The second-order valence-corrected chi connectivity index (χ2v) is 4.08. The number of benzene rings is 1. The molecule has 0 saturated heterocycles. The summed E-state index contributed by atoms with van der Waals surface area (Å²) in [6.45, 7) is 2.64. The van der Waals surface area contributed by atoms with Gasteiger partial charge in [-0.1, -0.05) is 0 Å². The van der Waals surface area contributed by atoms with Gasteiger partial charge in [0.05, 0.1) is 7.11 Å². The fourth-order valence-electron chi connectivity index (χ4n) is 1.71. The standard InChI is InChI=1S/C14H16N4O3/c1-3-16-13-11(20-2)14(18-8-17-13)21-10-6-4-9(5-7-10)12(15)19/h4-8H,3H2,1-2H3,(H2,15,19)(H,16,17,18). The molecule has 0 saturated carbocycles. The minimum atomic E-state index is -0.490. The maximum Gasteiger partial charge on any atom is 0.268 e. The third-order valence-electron chi connectivity index (χ3n) is 2.67. The van der Waals surface area contributed by atoms with Crippen molar-refractivity contribution in [1.29, 1.82) is 0 Å². The van der Waals surface area contributed by atoms with Gasteiger partial charge in [0.15, 0.2) is 5.82 Å². The lowest BCUT2D eigenvalue weighted by atomic mass is 10.2. The van der Waals surface area contributed by atoms with Crippen LogP contribution in [0.2, 0.25) is 0 Å². The molecule has 110 valence electrons. The highest BCUT2D eigenvalue weighted by Crippen LogP contribution is 2.33. The fourth-order valence-corrected chi connectivity index (χ4v) is 1.71. The van der Waals surface area contributed by atoms with E-state index >= 15 is 0 Å². The molecule has 7 nitrogen and oxygen atoms in total. The second kappa shape index (κ2) is 6.56. The summed E-state index contributed by atoms with van der Waals surface area (Å²) in [4.78, 5) is 19.2. The number of primary amides is 1. The normalized spacial score (nSPS) is 10.0. The zero-order valence-corrected chi connectivity index (χ0v) is 11.8. The lowest BCUT2D eigenvalue weighted by Gasteiger charge is -2.12. The first-order chi connectivity index (χ1) is 10.2. The SMILES string of the molecule is CCNc1ncnc(Oc2ccc(C(N)=O)cc2)c1OC. The third-order valence-corrected chi connectivity index (χ3v) is 2.67. The lowest BCUT2D eigenvalue weighted by Crippen LogP contribution is -2.10. The summed E-state index contributed by atoms with van der Waals surface area (Å²) >= 11 is 0. The van der Waals surface area contributed by atoms with Gasteiger partial charge in [0, 0.05) is 12.1 Å². The molecule has 1 amide bonds. The number of rotatable bonds is 6. The maximum absolute atomic E-state index is 11.0. The van der Waals surface area contributed by atoms with Crippen LogP contribution in [0.3, 0.4) is 0 Å². The highest BCUT2D eigenvalue weighted by atomic mass is 16.5. The number of carbonyl (C=O) groups excluding carboxylic acids is 1. The number of nitrogens with two attached hydrogens (primary N) is 1. The van der Waals surface area contributed by atoms with Gasteiger partial charge in [-0.05, 0) is 31.2 Å². The van der Waals surface area contributed by atoms with E-state index in [-0.39, 0.29) is 5.88 Å². The molecule has 7 heteroatoms. The van der Waals surface area contributed by atoms with Crippen molar-refractivity contribution in [2.45, 2.75) is 6.92 Å². The van der Waals surface area contributed by atoms with Crippen molar-refractivity contribution in [3.63, 3.8) is 0 Å². The summed E-state index contributed by atoms with van der Waals surface area (Å²) < 4.78 is 10.9. The first-order valence-electron chi connectivity index (χ1n) is 6.36. The van der Waals surface area contributed by atoms with Crippen molar-refractivity contribution in [3.05, 3.63) is 36.2 Å². The number of amides is 1. The molecule has 0 aliphatic heterocycles. The molecule has 2 rings (SSSR count). The first kappa shape index (κ1) is 14.6. The summed E-state index contributed by atoms with van der Waals surface area (Å²) in [6.07, 6.45) is 1.38. The summed E-state index contributed by atoms with van der Waals surface area (Å²) in [5.74, 6) is 1.28. The Morgan fingerprint density at radius 3 is 2.57 bits per heavy atom. The fraction of sp³-hybridized carbons (Fsp3) is 0.214. The summed E-state index contributed by atoms with van der Waals surface area (Å²) in [5, 5.41) is 3.06. The predicted octanol–water partition coefficient (Wildman–Crippen LogP) is 1.81. The zero-order chi connectivity index (χ0) is 15.2. The van der Waals surface area contributed by atoms with Gasteiger partial charge in [-0.3, -0.25) is 4.79 Å². The zero-order valence-electron chi connectivity index (χ0n) is 11.8. The smallest absolute Gasteiger partial charge is 0.268 e. The number of nitrogens with one attached hydrogen (secondary N) is 1. The van der Waals surface area contributed by atoms with Gasteiger partial charge in [-0.15, -0.1) is 0 Å². The van der Waals surface area contributed by atoms with E-state index in [0.29, 0.717) is 29.4 Å². The van der Waals surface area contributed by atoms with Crippen molar-refractivity contribution in [2.75, 3.05) is 19.0 Å². The van der Waals surface area contributed by atoms with Crippen molar-refractivity contribution in [2.24, 2.45) is 5.73 Å². The lowest BCUT2D eigenvalue weighted by molar-refractivity contribution is 0.100. The van der Waals surface area contributed by atoms with Gasteiger partial charge in [-0.2, -0.15) is 4.98 Å². The Morgan fingerprint density at radius 2 is 2.00 bits per heavy atom. The van der Waals surface area contributed by atoms with Crippen LogP contribution in [-0.2, 0) is 0 Å². The molecule has 2 aromatic rings. The monoisotopic (exact) mass is 288 g/mol. The Bertz CT molecular complexity index is 629. The Labute approximate surface area is 122 Å². The topological polar surface area (TPSA) is 99.4 Å².